The number of rotatable bonds is 2. The van der Waals surface area contributed by atoms with Crippen LogP contribution >= 0.6 is 11.6 Å². The number of esters is 2. The molecule has 0 saturated heterocycles. The summed E-state index contributed by atoms with van der Waals surface area (Å²) in [5.41, 5.74) is 3.63. The van der Waals surface area contributed by atoms with Crippen LogP contribution < -0.4 is 4.74 Å². The first-order valence-corrected chi connectivity index (χ1v) is 10.8. The molecule has 4 nitrogen and oxygen atoms in total. The molecule has 0 radical (unpaired) electrons. The predicted molar refractivity (Wildman–Crippen MR) is 108 cm³/mol. The summed E-state index contributed by atoms with van der Waals surface area (Å²) in [7, 11) is 0. The number of carbonyl (C=O) groups excluding carboxylic acids is 2. The van der Waals surface area contributed by atoms with Crippen molar-refractivity contribution in [1.29, 1.82) is 0 Å². The van der Waals surface area contributed by atoms with Crippen LogP contribution in [-0.2, 0) is 20.7 Å². The molecule has 4 rings (SSSR count). The monoisotopic (exact) mass is 404 g/mol. The zero-order valence-electron chi connectivity index (χ0n) is 17.1. The molecule has 1 aromatic rings. The second-order valence-electron chi connectivity index (χ2n) is 9.10. The molecule has 2 saturated carbocycles. The number of ether oxygens (including phenoxy) is 2. The molecular formula is C23H29ClO4. The first kappa shape index (κ1) is 19.8. The van der Waals surface area contributed by atoms with Gasteiger partial charge in [-0.1, -0.05) is 18.5 Å². The molecule has 0 spiro atoms. The maximum Gasteiger partial charge on any atom is 0.308 e. The SMILES string of the molecule is CC(=O)Oc1cc(Cl)c(C)c2c1[C@H]1CC[C@]3(C)[C@@H](OC(C)=O)CC[C@H]3[C@@H]1CC2. The van der Waals surface area contributed by atoms with Crippen LogP contribution in [0.1, 0.15) is 75.5 Å². The van der Waals surface area contributed by atoms with E-state index in [-0.39, 0.29) is 23.5 Å². The maximum absolute atomic E-state index is 11.7. The molecule has 28 heavy (non-hydrogen) atoms. The van der Waals surface area contributed by atoms with E-state index in [9.17, 15) is 9.59 Å². The molecule has 3 aliphatic rings. The van der Waals surface area contributed by atoms with Gasteiger partial charge in [-0.2, -0.15) is 0 Å². The van der Waals surface area contributed by atoms with Crippen LogP contribution in [-0.4, -0.2) is 18.0 Å². The lowest BCUT2D eigenvalue weighted by Gasteiger charge is -2.50. The van der Waals surface area contributed by atoms with E-state index < -0.39 is 0 Å². The van der Waals surface area contributed by atoms with Crippen LogP contribution in [0.3, 0.4) is 0 Å². The molecule has 0 aromatic heterocycles. The third-order valence-electron chi connectivity index (χ3n) is 7.67. The molecule has 5 heteroatoms. The van der Waals surface area contributed by atoms with Gasteiger partial charge in [-0.25, -0.2) is 0 Å². The fraction of sp³-hybridized carbons (Fsp3) is 0.652. The summed E-state index contributed by atoms with van der Waals surface area (Å²) < 4.78 is 11.3. The Kier molecular flexibility index (Phi) is 4.97. The topological polar surface area (TPSA) is 52.6 Å². The Bertz CT molecular complexity index is 832. The molecular weight excluding hydrogens is 376 g/mol. The van der Waals surface area contributed by atoms with Crippen molar-refractivity contribution in [3.05, 3.63) is 27.8 Å². The molecule has 5 atom stereocenters. The summed E-state index contributed by atoms with van der Waals surface area (Å²) in [4.78, 5) is 23.3. The largest absolute Gasteiger partial charge is 0.462 e. The minimum Gasteiger partial charge on any atom is -0.462 e. The van der Waals surface area contributed by atoms with Crippen LogP contribution in [0.15, 0.2) is 6.07 Å². The zero-order valence-corrected chi connectivity index (χ0v) is 17.9. The van der Waals surface area contributed by atoms with E-state index in [4.69, 9.17) is 21.1 Å². The number of hydrogen-bond acceptors (Lipinski definition) is 4. The van der Waals surface area contributed by atoms with Crippen molar-refractivity contribution in [3.8, 4) is 5.75 Å². The van der Waals surface area contributed by atoms with Gasteiger partial charge in [0, 0.05) is 35.9 Å². The van der Waals surface area contributed by atoms with Gasteiger partial charge in [-0.05, 0) is 74.3 Å². The van der Waals surface area contributed by atoms with E-state index >= 15 is 0 Å². The van der Waals surface area contributed by atoms with Crippen LogP contribution in [0.2, 0.25) is 5.02 Å². The predicted octanol–water partition coefficient (Wildman–Crippen LogP) is 5.36. The Hall–Kier alpha value is -1.55. The minimum absolute atomic E-state index is 0.0252. The molecule has 0 heterocycles. The summed E-state index contributed by atoms with van der Waals surface area (Å²) in [6.45, 7) is 7.33. The van der Waals surface area contributed by atoms with E-state index in [1.807, 2.05) is 6.07 Å². The first-order valence-electron chi connectivity index (χ1n) is 10.4. The highest BCUT2D eigenvalue weighted by Gasteiger charge is 2.56. The lowest BCUT2D eigenvalue weighted by Crippen LogP contribution is -2.45. The maximum atomic E-state index is 11.7. The highest BCUT2D eigenvalue weighted by Crippen LogP contribution is 2.62. The molecule has 0 amide bonds. The molecule has 0 unspecified atom stereocenters. The smallest absolute Gasteiger partial charge is 0.308 e. The van der Waals surface area contributed by atoms with Crippen molar-refractivity contribution in [3.63, 3.8) is 0 Å². The van der Waals surface area contributed by atoms with Crippen LogP contribution in [0.5, 0.6) is 5.75 Å². The van der Waals surface area contributed by atoms with Gasteiger partial charge >= 0.3 is 11.9 Å². The fourth-order valence-electron chi connectivity index (χ4n) is 6.47. The molecule has 0 aliphatic heterocycles. The standard InChI is InChI=1S/C23H29ClO4/c1-12-15-5-6-16-17(22(15)20(11-19(12)24)27-13(2)25)9-10-23(4)18(16)7-8-21(23)28-14(3)26/h11,16-18,21H,5-10H2,1-4H3/t16-,17+,18+,21+,23+/m1/s1. The third-order valence-corrected chi connectivity index (χ3v) is 8.06. The lowest BCUT2D eigenvalue weighted by atomic mass is 9.55. The second-order valence-corrected chi connectivity index (χ2v) is 9.51. The van der Waals surface area contributed by atoms with E-state index in [1.165, 1.54) is 25.0 Å². The van der Waals surface area contributed by atoms with Gasteiger partial charge in [0.2, 0.25) is 0 Å². The summed E-state index contributed by atoms with van der Waals surface area (Å²) in [6, 6.07) is 1.82. The summed E-state index contributed by atoms with van der Waals surface area (Å²) in [5.74, 6) is 1.60. The van der Waals surface area contributed by atoms with Crippen molar-refractivity contribution >= 4 is 23.5 Å². The average molecular weight is 405 g/mol. The van der Waals surface area contributed by atoms with Gasteiger partial charge < -0.3 is 9.47 Å². The normalized spacial score (nSPS) is 33.5. The number of fused-ring (bicyclic) bond motifs is 5. The Morgan fingerprint density at radius 2 is 1.89 bits per heavy atom. The van der Waals surface area contributed by atoms with E-state index in [1.54, 1.807) is 0 Å². The molecule has 0 bridgehead atoms. The number of halogens is 1. The van der Waals surface area contributed by atoms with Crippen molar-refractivity contribution < 1.29 is 19.1 Å². The van der Waals surface area contributed by atoms with Crippen molar-refractivity contribution in [1.82, 2.24) is 0 Å². The number of carbonyl (C=O) groups is 2. The average Bonchev–Trinajstić information content (AvgIpc) is 2.94. The minimum atomic E-state index is -0.305. The molecule has 1 aromatic carbocycles. The number of hydrogen-bond donors (Lipinski definition) is 0. The Labute approximate surface area is 171 Å². The number of benzene rings is 1. The quantitative estimate of drug-likeness (QED) is 0.491. The fourth-order valence-corrected chi connectivity index (χ4v) is 6.68. The summed E-state index contributed by atoms with van der Waals surface area (Å²) in [5, 5.41) is 0.671. The van der Waals surface area contributed by atoms with E-state index in [0.29, 0.717) is 28.5 Å². The van der Waals surface area contributed by atoms with Gasteiger partial charge in [-0.15, -0.1) is 0 Å². The van der Waals surface area contributed by atoms with Gasteiger partial charge in [0.1, 0.15) is 11.9 Å². The highest BCUT2D eigenvalue weighted by atomic mass is 35.5. The van der Waals surface area contributed by atoms with E-state index in [2.05, 4.69) is 13.8 Å². The molecule has 152 valence electrons. The van der Waals surface area contributed by atoms with Crippen molar-refractivity contribution in [2.24, 2.45) is 17.3 Å². The van der Waals surface area contributed by atoms with Crippen LogP contribution in [0.4, 0.5) is 0 Å². The second kappa shape index (κ2) is 7.05. The Morgan fingerprint density at radius 1 is 1.14 bits per heavy atom. The summed E-state index contributed by atoms with van der Waals surface area (Å²) in [6.07, 6.45) is 6.20. The van der Waals surface area contributed by atoms with Gasteiger partial charge in [0.25, 0.3) is 0 Å². The third kappa shape index (κ3) is 3.04. The van der Waals surface area contributed by atoms with Crippen molar-refractivity contribution in [2.45, 2.75) is 78.2 Å². The van der Waals surface area contributed by atoms with Crippen LogP contribution in [0, 0.1) is 24.2 Å². The summed E-state index contributed by atoms with van der Waals surface area (Å²) >= 11 is 6.45. The Balaban J connectivity index is 1.72. The Morgan fingerprint density at radius 3 is 2.57 bits per heavy atom. The zero-order chi connectivity index (χ0) is 20.2. The molecule has 3 aliphatic carbocycles. The first-order chi connectivity index (χ1) is 13.2. The lowest BCUT2D eigenvalue weighted by molar-refractivity contribution is -0.154. The van der Waals surface area contributed by atoms with Gasteiger partial charge in [0.05, 0.1) is 0 Å². The molecule has 2 fully saturated rings. The van der Waals surface area contributed by atoms with Gasteiger partial charge in [0.15, 0.2) is 0 Å². The van der Waals surface area contributed by atoms with E-state index in [0.717, 1.165) is 44.1 Å². The molecule has 0 N–H and O–H groups in total. The van der Waals surface area contributed by atoms with Gasteiger partial charge in [-0.3, -0.25) is 9.59 Å². The van der Waals surface area contributed by atoms with Crippen molar-refractivity contribution in [2.75, 3.05) is 0 Å². The van der Waals surface area contributed by atoms with Crippen LogP contribution in [0.25, 0.3) is 0 Å². The highest BCUT2D eigenvalue weighted by molar-refractivity contribution is 6.31.